The highest BCUT2D eigenvalue weighted by atomic mass is 32.1. The number of aromatic nitrogens is 3. The van der Waals surface area contributed by atoms with Gasteiger partial charge >= 0.3 is 0 Å². The van der Waals surface area contributed by atoms with E-state index in [-0.39, 0.29) is 0 Å². The summed E-state index contributed by atoms with van der Waals surface area (Å²) in [4.78, 5) is 8.43. The molecule has 0 fully saturated rings. The molecule has 6 heteroatoms. The van der Waals surface area contributed by atoms with E-state index in [0.29, 0.717) is 12.4 Å². The highest BCUT2D eigenvalue weighted by Gasteiger charge is 2.01. The molecule has 0 unspecified atom stereocenters. The van der Waals surface area contributed by atoms with Gasteiger partial charge < -0.3 is 0 Å². The van der Waals surface area contributed by atoms with Gasteiger partial charge in [-0.3, -0.25) is 4.68 Å². The second kappa shape index (κ2) is 5.09. The van der Waals surface area contributed by atoms with Crippen molar-refractivity contribution in [2.24, 2.45) is 4.99 Å². The number of hydrogen-bond acceptors (Lipinski definition) is 5. The third-order valence-electron chi connectivity index (χ3n) is 1.88. The number of thiazole rings is 1. The van der Waals surface area contributed by atoms with E-state index < -0.39 is 0 Å². The van der Waals surface area contributed by atoms with Crippen LogP contribution in [0.2, 0.25) is 0 Å². The lowest BCUT2D eigenvalue weighted by Crippen LogP contribution is -2.00. The summed E-state index contributed by atoms with van der Waals surface area (Å²) in [5, 5.41) is 8.84. The fourth-order valence-electron chi connectivity index (χ4n) is 1.26. The molecule has 16 heavy (non-hydrogen) atoms. The van der Waals surface area contributed by atoms with E-state index in [9.17, 15) is 0 Å². The minimum atomic E-state index is 0.660. The third-order valence-corrected chi connectivity index (χ3v) is 2.83. The fourth-order valence-corrected chi connectivity index (χ4v) is 1.93. The van der Waals surface area contributed by atoms with Gasteiger partial charge in [0, 0.05) is 29.2 Å². The van der Waals surface area contributed by atoms with E-state index in [1.807, 2.05) is 29.2 Å². The fraction of sp³-hybridized carbons (Fsp3) is 0.200. The van der Waals surface area contributed by atoms with Crippen molar-refractivity contribution in [1.29, 1.82) is 0 Å². The molecule has 2 aromatic rings. The average Bonchev–Trinajstić information content (AvgIpc) is 2.86. The number of aliphatic imine (C=N–C) groups is 1. The van der Waals surface area contributed by atoms with E-state index in [0.717, 1.165) is 10.7 Å². The zero-order valence-electron chi connectivity index (χ0n) is 8.70. The number of hydrogen-bond donors (Lipinski definition) is 0. The normalized spacial score (nSPS) is 11.1. The molecule has 0 bridgehead atoms. The Morgan fingerprint density at radius 2 is 2.50 bits per heavy atom. The topological polar surface area (TPSA) is 43.1 Å². The number of aryl methyl sites for hydroxylation is 1. The molecule has 0 saturated heterocycles. The van der Waals surface area contributed by atoms with Gasteiger partial charge in [0.25, 0.3) is 0 Å². The van der Waals surface area contributed by atoms with Crippen LogP contribution >= 0.6 is 23.6 Å². The summed E-state index contributed by atoms with van der Waals surface area (Å²) in [6.07, 6.45) is 3.43. The highest BCUT2D eigenvalue weighted by molar-refractivity contribution is 7.80. The Morgan fingerprint density at radius 3 is 3.19 bits per heavy atom. The molecule has 0 aliphatic carbocycles. The summed E-state index contributed by atoms with van der Waals surface area (Å²) < 4.78 is 1.81. The average molecular weight is 250 g/mol. The quantitative estimate of drug-likeness (QED) is 0.618. The first-order valence-corrected chi connectivity index (χ1v) is 6.05. The Labute approximate surface area is 103 Å². The number of nitrogens with zero attached hydrogens (tertiary/aromatic N) is 4. The van der Waals surface area contributed by atoms with Gasteiger partial charge in [0.2, 0.25) is 0 Å². The SMILES string of the molecule is Cc1nc(Cn2ccc(N=CC=S)n2)cs1. The van der Waals surface area contributed by atoms with E-state index in [4.69, 9.17) is 0 Å². The lowest BCUT2D eigenvalue weighted by Gasteiger charge is -1.95. The molecule has 2 rings (SSSR count). The van der Waals surface area contributed by atoms with Gasteiger partial charge in [-0.15, -0.1) is 11.3 Å². The monoisotopic (exact) mass is 250 g/mol. The summed E-state index contributed by atoms with van der Waals surface area (Å²) >= 11 is 6.29. The minimum absolute atomic E-state index is 0.660. The second-order valence-corrected chi connectivity index (χ2v) is 4.48. The van der Waals surface area contributed by atoms with Crippen molar-refractivity contribution in [1.82, 2.24) is 14.8 Å². The van der Waals surface area contributed by atoms with E-state index >= 15 is 0 Å². The van der Waals surface area contributed by atoms with Gasteiger partial charge in [-0.2, -0.15) is 5.10 Å². The Bertz CT molecular complexity index is 512. The van der Waals surface area contributed by atoms with Crippen molar-refractivity contribution in [2.45, 2.75) is 13.5 Å². The molecular formula is C10H10N4S2. The summed E-state index contributed by atoms with van der Waals surface area (Å²) in [5.74, 6) is 0.660. The summed E-state index contributed by atoms with van der Waals surface area (Å²) in [7, 11) is 0. The first kappa shape index (κ1) is 11.1. The number of thiocarbonyl (C=S) groups is 1. The predicted octanol–water partition coefficient (Wildman–Crippen LogP) is 2.40. The summed E-state index contributed by atoms with van der Waals surface area (Å²) in [5.41, 5.74) is 1.02. The second-order valence-electron chi connectivity index (χ2n) is 3.14. The van der Waals surface area contributed by atoms with Gasteiger partial charge in [-0.1, -0.05) is 12.2 Å². The molecule has 2 aromatic heterocycles. The van der Waals surface area contributed by atoms with Crippen LogP contribution in [0.1, 0.15) is 10.7 Å². The summed E-state index contributed by atoms with van der Waals surface area (Å²) in [6, 6.07) is 1.84. The van der Waals surface area contributed by atoms with Crippen LogP contribution in [-0.4, -0.2) is 26.3 Å². The largest absolute Gasteiger partial charge is 0.265 e. The molecule has 0 spiro atoms. The standard InChI is InChI=1S/C10H10N4S2/c1-8-12-9(7-16-8)6-14-4-2-10(13-14)11-3-5-15/h2-5,7H,6H2,1H3. The first-order valence-electron chi connectivity index (χ1n) is 4.70. The van der Waals surface area contributed by atoms with Gasteiger partial charge in [0.1, 0.15) is 0 Å². The molecule has 0 aromatic carbocycles. The molecule has 0 aliphatic heterocycles. The molecular weight excluding hydrogens is 240 g/mol. The lowest BCUT2D eigenvalue weighted by atomic mass is 10.5. The Hall–Kier alpha value is -1.40. The van der Waals surface area contributed by atoms with Crippen LogP contribution in [0.5, 0.6) is 0 Å². The Morgan fingerprint density at radius 1 is 1.62 bits per heavy atom. The Balaban J connectivity index is 2.08. The molecule has 82 valence electrons. The molecule has 0 saturated carbocycles. The van der Waals surface area contributed by atoms with Gasteiger partial charge in [-0.05, 0) is 6.92 Å². The van der Waals surface area contributed by atoms with Crippen molar-refractivity contribution in [3.8, 4) is 0 Å². The maximum atomic E-state index is 4.65. The summed E-state index contributed by atoms with van der Waals surface area (Å²) in [6.45, 7) is 2.67. The Kier molecular flexibility index (Phi) is 3.53. The molecule has 0 atom stereocenters. The van der Waals surface area contributed by atoms with E-state index in [2.05, 4.69) is 27.3 Å². The zero-order chi connectivity index (χ0) is 11.4. The molecule has 4 nitrogen and oxygen atoms in total. The molecule has 2 heterocycles. The maximum absolute atomic E-state index is 4.65. The van der Waals surface area contributed by atoms with Gasteiger partial charge in [0.05, 0.1) is 17.2 Å². The lowest BCUT2D eigenvalue weighted by molar-refractivity contribution is 0.676. The van der Waals surface area contributed by atoms with Crippen LogP contribution in [0.15, 0.2) is 22.6 Å². The van der Waals surface area contributed by atoms with Crippen LogP contribution in [0.4, 0.5) is 5.82 Å². The van der Waals surface area contributed by atoms with Crippen molar-refractivity contribution in [2.75, 3.05) is 0 Å². The molecule has 0 aliphatic rings. The first-order chi connectivity index (χ1) is 7.78. The van der Waals surface area contributed by atoms with Crippen LogP contribution < -0.4 is 0 Å². The van der Waals surface area contributed by atoms with Crippen LogP contribution in [-0.2, 0) is 6.54 Å². The van der Waals surface area contributed by atoms with E-state index in [1.54, 1.807) is 17.6 Å². The predicted molar refractivity (Wildman–Crippen MR) is 70.0 cm³/mol. The van der Waals surface area contributed by atoms with E-state index in [1.165, 1.54) is 5.37 Å². The minimum Gasteiger partial charge on any atom is -0.265 e. The molecule has 0 amide bonds. The smallest absolute Gasteiger partial charge is 0.173 e. The number of rotatable bonds is 4. The van der Waals surface area contributed by atoms with Crippen LogP contribution in [0.25, 0.3) is 0 Å². The van der Waals surface area contributed by atoms with Gasteiger partial charge in [0.15, 0.2) is 5.82 Å². The van der Waals surface area contributed by atoms with Crippen LogP contribution in [0.3, 0.4) is 0 Å². The highest BCUT2D eigenvalue weighted by Crippen LogP contribution is 2.11. The van der Waals surface area contributed by atoms with Crippen molar-refractivity contribution < 1.29 is 0 Å². The molecule has 0 radical (unpaired) electrons. The maximum Gasteiger partial charge on any atom is 0.173 e. The zero-order valence-corrected chi connectivity index (χ0v) is 10.3. The van der Waals surface area contributed by atoms with Crippen LogP contribution in [0, 0.1) is 6.92 Å². The molecule has 0 N–H and O–H groups in total. The van der Waals surface area contributed by atoms with Crippen molar-refractivity contribution >= 4 is 41.0 Å². The van der Waals surface area contributed by atoms with Crippen molar-refractivity contribution in [3.05, 3.63) is 28.3 Å². The third kappa shape index (κ3) is 2.80. The van der Waals surface area contributed by atoms with Crippen molar-refractivity contribution in [3.63, 3.8) is 0 Å². The van der Waals surface area contributed by atoms with Gasteiger partial charge in [-0.25, -0.2) is 9.98 Å².